The summed E-state index contributed by atoms with van der Waals surface area (Å²) in [5.74, 6) is 0.278. The highest BCUT2D eigenvalue weighted by molar-refractivity contribution is 5.85. The van der Waals surface area contributed by atoms with Crippen LogP contribution in [0.1, 0.15) is 11.1 Å². The van der Waals surface area contributed by atoms with Crippen molar-refractivity contribution in [2.45, 2.75) is 13.0 Å². The summed E-state index contributed by atoms with van der Waals surface area (Å²) in [4.78, 5) is 4.24. The Morgan fingerprint density at radius 1 is 0.952 bits per heavy atom. The number of rotatable bonds is 5. The molecule has 106 valence electrons. The number of nitrogens with zero attached hydrogens (tertiary/aromatic N) is 1. The summed E-state index contributed by atoms with van der Waals surface area (Å²) in [5.41, 5.74) is 2.86. The summed E-state index contributed by atoms with van der Waals surface area (Å²) >= 11 is 0. The third kappa shape index (κ3) is 3.20. The molecule has 0 saturated carbocycles. The van der Waals surface area contributed by atoms with Gasteiger partial charge in [0.1, 0.15) is 11.3 Å². The maximum atomic E-state index is 10.3. The minimum Gasteiger partial charge on any atom is -0.505 e. The van der Waals surface area contributed by atoms with Crippen molar-refractivity contribution < 1.29 is 5.11 Å². The third-order valence-electron chi connectivity index (χ3n) is 3.58. The molecule has 3 aromatic rings. The van der Waals surface area contributed by atoms with Gasteiger partial charge in [0.2, 0.25) is 0 Å². The lowest BCUT2D eigenvalue weighted by molar-refractivity contribution is 0.470. The first-order chi connectivity index (χ1) is 10.3. The smallest absolute Gasteiger partial charge is 0.146 e. The van der Waals surface area contributed by atoms with Gasteiger partial charge in [0.25, 0.3) is 0 Å². The molecule has 0 spiro atoms. The maximum absolute atomic E-state index is 10.3. The van der Waals surface area contributed by atoms with Gasteiger partial charge in [0.05, 0.1) is 0 Å². The van der Waals surface area contributed by atoms with E-state index in [0.29, 0.717) is 12.1 Å². The van der Waals surface area contributed by atoms with Crippen molar-refractivity contribution in [3.05, 3.63) is 71.9 Å². The number of nitrogens with one attached hydrogen (secondary N) is 1. The predicted octanol–water partition coefficient (Wildman–Crippen LogP) is 3.27. The number of phenols is 1. The Morgan fingerprint density at radius 3 is 2.67 bits per heavy atom. The second-order valence-electron chi connectivity index (χ2n) is 5.06. The fraction of sp³-hybridized carbons (Fsp3) is 0.167. The summed E-state index contributed by atoms with van der Waals surface area (Å²) in [6.07, 6.45) is 2.68. The molecule has 0 amide bonds. The molecular weight excluding hydrogens is 260 g/mol. The third-order valence-corrected chi connectivity index (χ3v) is 3.58. The molecule has 1 heterocycles. The van der Waals surface area contributed by atoms with E-state index in [0.717, 1.165) is 23.9 Å². The minimum atomic E-state index is 0.278. The molecule has 2 N–H and O–H groups in total. The first kappa shape index (κ1) is 13.6. The Hall–Kier alpha value is -2.39. The average molecular weight is 278 g/mol. The zero-order valence-electron chi connectivity index (χ0n) is 11.8. The molecule has 0 fully saturated rings. The Labute approximate surface area is 124 Å². The van der Waals surface area contributed by atoms with E-state index in [9.17, 15) is 5.11 Å². The van der Waals surface area contributed by atoms with Crippen molar-refractivity contribution in [3.8, 4) is 5.75 Å². The lowest BCUT2D eigenvalue weighted by Crippen LogP contribution is -2.16. The van der Waals surface area contributed by atoms with E-state index in [1.807, 2.05) is 30.3 Å². The molecule has 2 aromatic carbocycles. The molecule has 0 radical (unpaired) electrons. The van der Waals surface area contributed by atoms with Crippen LogP contribution in [-0.2, 0) is 13.0 Å². The monoisotopic (exact) mass is 278 g/mol. The number of aromatic nitrogens is 1. The van der Waals surface area contributed by atoms with Gasteiger partial charge in [0.15, 0.2) is 0 Å². The van der Waals surface area contributed by atoms with Gasteiger partial charge in [-0.15, -0.1) is 0 Å². The number of fused-ring (bicyclic) bond motifs is 1. The molecule has 0 saturated heterocycles. The van der Waals surface area contributed by atoms with Crippen LogP contribution in [0.4, 0.5) is 0 Å². The lowest BCUT2D eigenvalue weighted by Gasteiger charge is -2.09. The molecule has 3 heteroatoms. The summed E-state index contributed by atoms with van der Waals surface area (Å²) in [6.45, 7) is 1.52. The maximum Gasteiger partial charge on any atom is 0.146 e. The molecule has 21 heavy (non-hydrogen) atoms. The van der Waals surface area contributed by atoms with Gasteiger partial charge in [-0.2, -0.15) is 0 Å². The number of hydrogen-bond donors (Lipinski definition) is 2. The van der Waals surface area contributed by atoms with Crippen LogP contribution in [0.2, 0.25) is 0 Å². The van der Waals surface area contributed by atoms with E-state index in [4.69, 9.17) is 0 Å². The van der Waals surface area contributed by atoms with Crippen LogP contribution in [0.15, 0.2) is 60.8 Å². The SMILES string of the molecule is Oc1c(CNCCc2ccccc2)ccc2cccnc12. The van der Waals surface area contributed by atoms with Crippen molar-refractivity contribution in [1.29, 1.82) is 0 Å². The standard InChI is InChI=1S/C18H18N2O/c21-18-16(9-8-15-7-4-11-20-17(15)18)13-19-12-10-14-5-2-1-3-6-14/h1-9,11,19,21H,10,12-13H2. The van der Waals surface area contributed by atoms with Crippen LogP contribution in [0.25, 0.3) is 10.9 Å². The minimum absolute atomic E-state index is 0.278. The van der Waals surface area contributed by atoms with E-state index in [2.05, 4.69) is 34.6 Å². The zero-order valence-corrected chi connectivity index (χ0v) is 11.8. The largest absolute Gasteiger partial charge is 0.505 e. The van der Waals surface area contributed by atoms with E-state index < -0.39 is 0 Å². The molecule has 3 nitrogen and oxygen atoms in total. The number of pyridine rings is 1. The van der Waals surface area contributed by atoms with Gasteiger partial charge in [-0.1, -0.05) is 48.5 Å². The first-order valence-electron chi connectivity index (χ1n) is 7.15. The molecule has 0 aliphatic heterocycles. The predicted molar refractivity (Wildman–Crippen MR) is 85.3 cm³/mol. The normalized spacial score (nSPS) is 10.9. The van der Waals surface area contributed by atoms with Crippen LogP contribution >= 0.6 is 0 Å². The molecular formula is C18H18N2O. The summed E-state index contributed by atoms with van der Waals surface area (Å²) in [6, 6.07) is 18.2. The Bertz CT molecular complexity index is 726. The van der Waals surface area contributed by atoms with Crippen molar-refractivity contribution in [2.75, 3.05) is 6.54 Å². The van der Waals surface area contributed by atoms with Crippen molar-refractivity contribution >= 4 is 10.9 Å². The van der Waals surface area contributed by atoms with Gasteiger partial charge in [-0.05, 0) is 24.6 Å². The van der Waals surface area contributed by atoms with Gasteiger partial charge >= 0.3 is 0 Å². The molecule has 0 aliphatic rings. The van der Waals surface area contributed by atoms with Gasteiger partial charge < -0.3 is 10.4 Å². The Morgan fingerprint density at radius 2 is 1.81 bits per heavy atom. The molecule has 3 rings (SSSR count). The van der Waals surface area contributed by atoms with Gasteiger partial charge in [0, 0.05) is 23.7 Å². The average Bonchev–Trinajstić information content (AvgIpc) is 2.55. The lowest BCUT2D eigenvalue weighted by atomic mass is 10.1. The van der Waals surface area contributed by atoms with E-state index in [1.54, 1.807) is 6.20 Å². The summed E-state index contributed by atoms with van der Waals surface area (Å²) in [5, 5.41) is 14.6. The van der Waals surface area contributed by atoms with Crippen molar-refractivity contribution in [2.24, 2.45) is 0 Å². The molecule has 0 aliphatic carbocycles. The fourth-order valence-electron chi connectivity index (χ4n) is 2.41. The number of hydrogen-bond acceptors (Lipinski definition) is 3. The highest BCUT2D eigenvalue weighted by Crippen LogP contribution is 2.26. The molecule has 1 aromatic heterocycles. The second-order valence-corrected chi connectivity index (χ2v) is 5.06. The fourth-order valence-corrected chi connectivity index (χ4v) is 2.41. The van der Waals surface area contributed by atoms with Gasteiger partial charge in [-0.25, -0.2) is 0 Å². The quantitative estimate of drug-likeness (QED) is 0.704. The molecule has 0 atom stereocenters. The van der Waals surface area contributed by atoms with Gasteiger partial charge in [-0.3, -0.25) is 4.98 Å². The van der Waals surface area contributed by atoms with Crippen LogP contribution in [0, 0.1) is 0 Å². The van der Waals surface area contributed by atoms with E-state index in [-0.39, 0.29) is 5.75 Å². The van der Waals surface area contributed by atoms with Crippen LogP contribution in [0.5, 0.6) is 5.75 Å². The van der Waals surface area contributed by atoms with Crippen molar-refractivity contribution in [3.63, 3.8) is 0 Å². The molecule has 0 bridgehead atoms. The molecule has 0 unspecified atom stereocenters. The number of phenolic OH excluding ortho intramolecular Hbond substituents is 1. The number of aromatic hydroxyl groups is 1. The second kappa shape index (κ2) is 6.37. The highest BCUT2D eigenvalue weighted by Gasteiger charge is 2.06. The van der Waals surface area contributed by atoms with E-state index >= 15 is 0 Å². The van der Waals surface area contributed by atoms with Crippen LogP contribution < -0.4 is 5.32 Å². The highest BCUT2D eigenvalue weighted by atomic mass is 16.3. The summed E-state index contributed by atoms with van der Waals surface area (Å²) < 4.78 is 0. The van der Waals surface area contributed by atoms with E-state index in [1.165, 1.54) is 5.56 Å². The Kier molecular flexibility index (Phi) is 4.12. The first-order valence-corrected chi connectivity index (χ1v) is 7.15. The number of benzene rings is 2. The van der Waals surface area contributed by atoms with Crippen LogP contribution in [-0.4, -0.2) is 16.6 Å². The van der Waals surface area contributed by atoms with Crippen molar-refractivity contribution in [1.82, 2.24) is 10.3 Å². The van der Waals surface area contributed by atoms with Crippen LogP contribution in [0.3, 0.4) is 0 Å². The zero-order chi connectivity index (χ0) is 14.5. The topological polar surface area (TPSA) is 45.1 Å². The summed E-state index contributed by atoms with van der Waals surface area (Å²) in [7, 11) is 0. The Balaban J connectivity index is 1.62.